The third-order valence-corrected chi connectivity index (χ3v) is 3.87. The molecule has 1 aliphatic heterocycles. The summed E-state index contributed by atoms with van der Waals surface area (Å²) in [5.74, 6) is 0.251. The molecule has 120 valence electrons. The molecule has 4 heteroatoms. The molecule has 0 saturated carbocycles. The van der Waals surface area contributed by atoms with Crippen molar-refractivity contribution < 1.29 is 19.4 Å². The summed E-state index contributed by atoms with van der Waals surface area (Å²) in [5, 5.41) is 9.97. The first-order valence-electron chi connectivity index (χ1n) is 7.79. The Morgan fingerprint density at radius 3 is 2.65 bits per heavy atom. The van der Waals surface area contributed by atoms with E-state index in [1.165, 1.54) is 0 Å². The highest BCUT2D eigenvalue weighted by molar-refractivity contribution is 5.90. The predicted molar refractivity (Wildman–Crippen MR) is 86.5 cm³/mol. The fraction of sp³-hybridized carbons (Fsp3) is 0.316. The molecular formula is C19H20O4. The van der Waals surface area contributed by atoms with Crippen LogP contribution in [-0.4, -0.2) is 23.5 Å². The average Bonchev–Trinajstić information content (AvgIpc) is 2.53. The van der Waals surface area contributed by atoms with Crippen LogP contribution in [0.5, 0.6) is 5.75 Å². The lowest BCUT2D eigenvalue weighted by Crippen LogP contribution is -2.26. The predicted octanol–water partition coefficient (Wildman–Crippen LogP) is 3.48. The normalized spacial score (nSPS) is 19.8. The zero-order valence-electron chi connectivity index (χ0n) is 13.2. The van der Waals surface area contributed by atoms with Crippen LogP contribution in [0.2, 0.25) is 0 Å². The van der Waals surface area contributed by atoms with Gasteiger partial charge in [-0.3, -0.25) is 0 Å². The van der Waals surface area contributed by atoms with Gasteiger partial charge in [0.15, 0.2) is 6.29 Å². The van der Waals surface area contributed by atoms with Crippen LogP contribution in [0, 0.1) is 0 Å². The van der Waals surface area contributed by atoms with Gasteiger partial charge in [0.1, 0.15) is 5.75 Å². The van der Waals surface area contributed by atoms with Crippen LogP contribution in [0.25, 0.3) is 0 Å². The molecular weight excluding hydrogens is 292 g/mol. The summed E-state index contributed by atoms with van der Waals surface area (Å²) >= 11 is 0. The smallest absolute Gasteiger partial charge is 0.338 e. The monoisotopic (exact) mass is 312 g/mol. The van der Waals surface area contributed by atoms with Gasteiger partial charge in [0, 0.05) is 17.9 Å². The molecule has 0 spiro atoms. The minimum absolute atomic E-state index is 0.0123. The number of hydrogen-bond acceptors (Lipinski definition) is 4. The summed E-state index contributed by atoms with van der Waals surface area (Å²) in [6, 6.07) is 15.1. The van der Waals surface area contributed by atoms with Gasteiger partial charge < -0.3 is 14.6 Å². The molecule has 0 saturated heterocycles. The third-order valence-electron chi connectivity index (χ3n) is 3.87. The number of carbonyl (C=O) groups excluding carboxylic acids is 1. The number of aliphatic hydroxyl groups is 1. The number of aliphatic hydroxyl groups excluding tert-OH is 1. The van der Waals surface area contributed by atoms with E-state index in [2.05, 4.69) is 0 Å². The van der Waals surface area contributed by atoms with E-state index in [-0.39, 0.29) is 18.0 Å². The van der Waals surface area contributed by atoms with Crippen molar-refractivity contribution >= 4 is 5.97 Å². The zero-order chi connectivity index (χ0) is 16.4. The highest BCUT2D eigenvalue weighted by Gasteiger charge is 2.29. The van der Waals surface area contributed by atoms with Gasteiger partial charge in [0.05, 0.1) is 11.7 Å². The van der Waals surface area contributed by atoms with Crippen molar-refractivity contribution in [1.82, 2.24) is 0 Å². The molecule has 3 rings (SSSR count). The Balaban J connectivity index is 1.99. The lowest BCUT2D eigenvalue weighted by atomic mass is 9.85. The van der Waals surface area contributed by atoms with Crippen molar-refractivity contribution in [2.24, 2.45) is 0 Å². The summed E-state index contributed by atoms with van der Waals surface area (Å²) in [4.78, 5) is 12.1. The van der Waals surface area contributed by atoms with E-state index in [0.717, 1.165) is 11.1 Å². The molecule has 0 amide bonds. The molecule has 1 heterocycles. The van der Waals surface area contributed by atoms with Crippen molar-refractivity contribution in [2.75, 3.05) is 0 Å². The molecule has 0 bridgehead atoms. The van der Waals surface area contributed by atoms with Gasteiger partial charge in [-0.05, 0) is 37.6 Å². The molecule has 1 N–H and O–H groups in total. The second-order valence-electron chi connectivity index (χ2n) is 5.98. The van der Waals surface area contributed by atoms with Gasteiger partial charge in [0.25, 0.3) is 0 Å². The first kappa shape index (κ1) is 15.6. The Kier molecular flexibility index (Phi) is 4.35. The molecule has 2 aromatic rings. The van der Waals surface area contributed by atoms with E-state index >= 15 is 0 Å². The van der Waals surface area contributed by atoms with Crippen LogP contribution in [0.15, 0.2) is 48.5 Å². The van der Waals surface area contributed by atoms with Crippen molar-refractivity contribution in [3.05, 3.63) is 65.2 Å². The molecule has 0 aliphatic carbocycles. The maximum atomic E-state index is 12.1. The summed E-state index contributed by atoms with van der Waals surface area (Å²) < 4.78 is 10.8. The Morgan fingerprint density at radius 1 is 1.22 bits per heavy atom. The van der Waals surface area contributed by atoms with E-state index in [0.29, 0.717) is 17.7 Å². The Bertz CT molecular complexity index is 694. The summed E-state index contributed by atoms with van der Waals surface area (Å²) in [6.45, 7) is 3.64. The largest absolute Gasteiger partial charge is 0.465 e. The van der Waals surface area contributed by atoms with Gasteiger partial charge in [-0.1, -0.05) is 30.3 Å². The van der Waals surface area contributed by atoms with Crippen molar-refractivity contribution in [2.45, 2.75) is 38.6 Å². The molecule has 0 aromatic heterocycles. The van der Waals surface area contributed by atoms with Crippen LogP contribution < -0.4 is 4.74 Å². The van der Waals surface area contributed by atoms with Crippen molar-refractivity contribution in [3.8, 4) is 5.75 Å². The highest BCUT2D eigenvalue weighted by Crippen LogP contribution is 2.40. The fourth-order valence-electron chi connectivity index (χ4n) is 2.86. The first-order chi connectivity index (χ1) is 11.0. The number of benzene rings is 2. The number of esters is 1. The average molecular weight is 312 g/mol. The van der Waals surface area contributed by atoms with Crippen LogP contribution in [0.4, 0.5) is 0 Å². The Morgan fingerprint density at radius 2 is 1.96 bits per heavy atom. The van der Waals surface area contributed by atoms with Gasteiger partial charge in [-0.2, -0.15) is 0 Å². The van der Waals surface area contributed by atoms with E-state index in [9.17, 15) is 9.90 Å². The van der Waals surface area contributed by atoms with Gasteiger partial charge in [0.2, 0.25) is 0 Å². The van der Waals surface area contributed by atoms with E-state index < -0.39 is 6.29 Å². The quantitative estimate of drug-likeness (QED) is 0.882. The number of hydrogen-bond donors (Lipinski definition) is 1. The van der Waals surface area contributed by atoms with E-state index in [1.807, 2.05) is 50.2 Å². The zero-order valence-corrected chi connectivity index (χ0v) is 13.2. The lowest BCUT2D eigenvalue weighted by molar-refractivity contribution is -0.0359. The summed E-state index contributed by atoms with van der Waals surface area (Å²) in [7, 11) is 0. The lowest BCUT2D eigenvalue weighted by Gasteiger charge is -2.30. The second-order valence-corrected chi connectivity index (χ2v) is 5.98. The number of ether oxygens (including phenoxy) is 2. The first-order valence-corrected chi connectivity index (χ1v) is 7.79. The molecule has 0 fully saturated rings. The molecule has 0 radical (unpaired) electrons. The van der Waals surface area contributed by atoms with Gasteiger partial charge >= 0.3 is 5.97 Å². The van der Waals surface area contributed by atoms with Crippen LogP contribution >= 0.6 is 0 Å². The van der Waals surface area contributed by atoms with Gasteiger partial charge in [-0.25, -0.2) is 4.79 Å². The van der Waals surface area contributed by atoms with Crippen LogP contribution in [-0.2, 0) is 4.74 Å². The van der Waals surface area contributed by atoms with Crippen molar-refractivity contribution in [3.63, 3.8) is 0 Å². The molecule has 0 unspecified atom stereocenters. The SMILES string of the molecule is CC(C)OC(=O)c1ccc2c(c1)[C@H](c1ccccc1)C[C@H](O)O2. The molecule has 1 aliphatic rings. The number of fused-ring (bicyclic) bond motifs is 1. The molecule has 2 aromatic carbocycles. The fourth-order valence-corrected chi connectivity index (χ4v) is 2.86. The Hall–Kier alpha value is -2.33. The summed E-state index contributed by atoms with van der Waals surface area (Å²) in [5.41, 5.74) is 2.49. The van der Waals surface area contributed by atoms with E-state index in [1.54, 1.807) is 12.1 Å². The minimum Gasteiger partial charge on any atom is -0.465 e. The maximum absolute atomic E-state index is 12.1. The van der Waals surface area contributed by atoms with Crippen LogP contribution in [0.1, 0.15) is 47.7 Å². The van der Waals surface area contributed by atoms with Gasteiger partial charge in [-0.15, -0.1) is 0 Å². The third kappa shape index (κ3) is 3.37. The molecule has 2 atom stereocenters. The molecule has 4 nitrogen and oxygen atoms in total. The topological polar surface area (TPSA) is 55.8 Å². The van der Waals surface area contributed by atoms with Crippen LogP contribution in [0.3, 0.4) is 0 Å². The number of rotatable bonds is 3. The maximum Gasteiger partial charge on any atom is 0.338 e. The Labute approximate surface area is 135 Å². The summed E-state index contributed by atoms with van der Waals surface area (Å²) in [6.07, 6.45) is -0.553. The van der Waals surface area contributed by atoms with Crippen molar-refractivity contribution in [1.29, 1.82) is 0 Å². The minimum atomic E-state index is -0.846. The highest BCUT2D eigenvalue weighted by atomic mass is 16.6. The molecule has 23 heavy (non-hydrogen) atoms. The van der Waals surface area contributed by atoms with E-state index in [4.69, 9.17) is 9.47 Å². The second kappa shape index (κ2) is 6.42. The number of carbonyl (C=O) groups is 1. The standard InChI is InChI=1S/C19H20O4/c1-12(2)22-19(21)14-8-9-17-16(10-14)15(11-18(20)23-17)13-6-4-3-5-7-13/h3-10,12,15,18,20H,11H2,1-2H3/t15-,18+/m0/s1.